The van der Waals surface area contributed by atoms with E-state index in [0.717, 1.165) is 125 Å². The molecule has 0 heterocycles. The van der Waals surface area contributed by atoms with Crippen LogP contribution >= 0.6 is 0 Å². The van der Waals surface area contributed by atoms with Gasteiger partial charge in [0.15, 0.2) is 24.4 Å². The number of unbranched alkanes of at least 4 members (excludes halogenated alkanes) is 12. The lowest BCUT2D eigenvalue weighted by atomic mass is 10.1. The van der Waals surface area contributed by atoms with Crippen LogP contribution in [-0.4, -0.2) is 295 Å². The van der Waals surface area contributed by atoms with E-state index in [-0.39, 0.29) is 12.2 Å². The molecule has 0 aromatic rings. The number of hydrogen-bond donors (Lipinski definition) is 4. The Morgan fingerprint density at radius 1 is 0.250 bits per heavy atom. The van der Waals surface area contributed by atoms with Gasteiger partial charge in [-0.1, -0.05) is 79.1 Å². The Morgan fingerprint density at radius 2 is 0.486 bits per heavy atom. The highest BCUT2D eigenvalue weighted by atomic mass is 16.3. The number of quaternary nitrogens is 8. The van der Waals surface area contributed by atoms with Gasteiger partial charge in [-0.2, -0.15) is 0 Å². The summed E-state index contributed by atoms with van der Waals surface area (Å²) in [6.45, 7) is 35.0. The van der Waals surface area contributed by atoms with Crippen LogP contribution < -0.4 is 0 Å². The van der Waals surface area contributed by atoms with E-state index in [4.69, 9.17) is 0 Å². The maximum absolute atomic E-state index is 12.2. The Balaban J connectivity index is 8.46. The number of hydrogen-bond acceptors (Lipinski definition) is 4. The summed E-state index contributed by atoms with van der Waals surface area (Å²) in [7, 11) is 26.5. The third-order valence-electron chi connectivity index (χ3n) is 16.5. The first-order chi connectivity index (χ1) is 33.2. The molecule has 0 saturated heterocycles. The van der Waals surface area contributed by atoms with Crippen molar-refractivity contribution in [2.24, 2.45) is 0 Å². The minimum absolute atomic E-state index is 0.371. The van der Waals surface area contributed by atoms with Crippen LogP contribution in [0.3, 0.4) is 0 Å². The van der Waals surface area contributed by atoms with Gasteiger partial charge in [0.2, 0.25) is 0 Å². The number of aliphatic hydroxyl groups excluding tert-OH is 4. The molecular weight excluding hydrogens is 897 g/mol. The zero-order valence-electron chi connectivity index (χ0n) is 52.9. The van der Waals surface area contributed by atoms with Gasteiger partial charge in [0.25, 0.3) is 0 Å². The van der Waals surface area contributed by atoms with Crippen LogP contribution in [0.25, 0.3) is 0 Å². The molecule has 0 radical (unpaired) electrons. The van der Waals surface area contributed by atoms with Crippen molar-refractivity contribution < 1.29 is 56.3 Å². The summed E-state index contributed by atoms with van der Waals surface area (Å²) < 4.78 is 6.53. The molecule has 0 saturated carbocycles. The first-order valence-corrected chi connectivity index (χ1v) is 30.5. The molecular formula is C60H138N8O4+8. The lowest BCUT2D eigenvalue weighted by Gasteiger charge is -2.50. The van der Waals surface area contributed by atoms with Gasteiger partial charge >= 0.3 is 0 Å². The van der Waals surface area contributed by atoms with Crippen molar-refractivity contribution >= 4 is 0 Å². The summed E-state index contributed by atoms with van der Waals surface area (Å²) in [5, 5.41) is 48.7. The molecule has 0 aromatic heterocycles. The van der Waals surface area contributed by atoms with Crippen molar-refractivity contribution in [1.29, 1.82) is 0 Å². The molecule has 72 heavy (non-hydrogen) atoms. The summed E-state index contributed by atoms with van der Waals surface area (Å²) in [5.74, 6) is 0. The van der Waals surface area contributed by atoms with Crippen molar-refractivity contribution in [3.63, 3.8) is 0 Å². The third-order valence-corrected chi connectivity index (χ3v) is 16.5. The highest BCUT2D eigenvalue weighted by Crippen LogP contribution is 2.27. The quantitative estimate of drug-likeness (QED) is 0.0373. The van der Waals surface area contributed by atoms with E-state index in [1.165, 1.54) is 96.3 Å². The summed E-state index contributed by atoms with van der Waals surface area (Å²) in [6, 6.07) is 0.741. The molecule has 0 aliphatic rings. The Hall–Kier alpha value is -0.480. The molecule has 6 unspecified atom stereocenters. The Kier molecular flexibility index (Phi) is 34.2. The molecule has 0 spiro atoms. The fourth-order valence-corrected chi connectivity index (χ4v) is 12.5. The second-order valence-electron chi connectivity index (χ2n) is 29.0. The van der Waals surface area contributed by atoms with Gasteiger partial charge in [0, 0.05) is 0 Å². The molecule has 0 aromatic carbocycles. The first kappa shape index (κ1) is 71.5. The maximum Gasteiger partial charge on any atom is 0.152 e. The second kappa shape index (κ2) is 34.4. The van der Waals surface area contributed by atoms with E-state index >= 15 is 0 Å². The van der Waals surface area contributed by atoms with E-state index in [1.807, 2.05) is 0 Å². The van der Waals surface area contributed by atoms with Crippen molar-refractivity contribution in [3.8, 4) is 0 Å². The van der Waals surface area contributed by atoms with Crippen LogP contribution in [0.2, 0.25) is 0 Å². The third kappa shape index (κ3) is 32.3. The fourth-order valence-electron chi connectivity index (χ4n) is 12.5. The molecule has 4 N–H and O–H groups in total. The van der Waals surface area contributed by atoms with Crippen LogP contribution in [0.5, 0.6) is 0 Å². The zero-order chi connectivity index (χ0) is 55.5. The van der Waals surface area contributed by atoms with Gasteiger partial charge in [0.1, 0.15) is 91.6 Å². The average Bonchev–Trinajstić information content (AvgIpc) is 3.21. The smallest absolute Gasteiger partial charge is 0.152 e. The zero-order valence-corrected chi connectivity index (χ0v) is 52.9. The standard InChI is InChI=1S/C60H138N8O4/c1-21-25-29-33-37-65(43-45-67(55(5)6,39-35-31-27-23-3)53-59(71)49-63(15,16)17,44-46-68(56(7)8,40-36-32-28-24-4)54-60(72)50-64(18,19)20)41-42-66(38-34-30-26-22-2,51-57(69)47-61(9,10)11)52-58(70)48-62(12,13)14/h55-60,69-72H,21-54H2,1-20H3/q+8. The highest BCUT2D eigenvalue weighted by Gasteiger charge is 2.45. The molecule has 12 nitrogen and oxygen atoms in total. The molecule has 6 atom stereocenters. The van der Waals surface area contributed by atoms with Crippen molar-refractivity contribution in [1.82, 2.24) is 0 Å². The Morgan fingerprint density at radius 3 is 0.750 bits per heavy atom. The summed E-state index contributed by atoms with van der Waals surface area (Å²) >= 11 is 0. The highest BCUT2D eigenvalue weighted by molar-refractivity contribution is 4.66. The first-order valence-electron chi connectivity index (χ1n) is 30.5. The molecule has 0 bridgehead atoms. The van der Waals surface area contributed by atoms with Gasteiger partial charge in [-0.15, -0.1) is 0 Å². The molecule has 0 fully saturated rings. The minimum Gasteiger partial charge on any atom is -0.382 e. The number of likely N-dealkylation sites (N-methyl/N-ethyl adjacent to an activating group) is 4. The predicted octanol–water partition coefficient (Wildman–Crippen LogP) is 7.66. The molecule has 434 valence electrons. The summed E-state index contributed by atoms with van der Waals surface area (Å²) in [5.41, 5.74) is 0. The van der Waals surface area contributed by atoms with E-state index in [1.54, 1.807) is 0 Å². The van der Waals surface area contributed by atoms with E-state index in [0.29, 0.717) is 47.2 Å². The van der Waals surface area contributed by atoms with Crippen LogP contribution in [0.1, 0.15) is 158 Å². The van der Waals surface area contributed by atoms with E-state index in [2.05, 4.69) is 140 Å². The van der Waals surface area contributed by atoms with Crippen LogP contribution in [0, 0.1) is 0 Å². The van der Waals surface area contributed by atoms with Crippen LogP contribution in [-0.2, 0) is 0 Å². The number of aliphatic hydroxyl groups is 4. The predicted molar refractivity (Wildman–Crippen MR) is 312 cm³/mol. The van der Waals surface area contributed by atoms with Crippen molar-refractivity contribution in [3.05, 3.63) is 0 Å². The minimum atomic E-state index is -0.480. The lowest BCUT2D eigenvalue weighted by Crippen LogP contribution is -2.69. The summed E-state index contributed by atoms with van der Waals surface area (Å²) in [4.78, 5) is 0. The van der Waals surface area contributed by atoms with Gasteiger partial charge in [-0.05, 0) is 79.1 Å². The van der Waals surface area contributed by atoms with Crippen LogP contribution in [0.4, 0.5) is 0 Å². The molecule has 0 aliphatic heterocycles. The number of rotatable bonds is 47. The molecule has 0 aliphatic carbocycles. The van der Waals surface area contributed by atoms with E-state index < -0.39 is 12.2 Å². The summed E-state index contributed by atoms with van der Waals surface area (Å²) in [6.07, 6.45) is 17.5. The fraction of sp³-hybridized carbons (Fsp3) is 1.00. The topological polar surface area (TPSA) is 80.9 Å². The van der Waals surface area contributed by atoms with Gasteiger partial charge in [-0.3, -0.25) is 0 Å². The van der Waals surface area contributed by atoms with E-state index in [9.17, 15) is 20.4 Å². The number of nitrogens with zero attached hydrogens (tertiary/aromatic N) is 8. The van der Waals surface area contributed by atoms with Crippen LogP contribution in [0.15, 0.2) is 0 Å². The maximum atomic E-state index is 12.2. The van der Waals surface area contributed by atoms with Crippen molar-refractivity contribution in [2.45, 2.75) is 195 Å². The largest absolute Gasteiger partial charge is 0.382 e. The monoisotopic (exact) mass is 1040 g/mol. The normalized spacial score (nSPS) is 18.4. The van der Waals surface area contributed by atoms with Gasteiger partial charge in [0.05, 0.1) is 123 Å². The van der Waals surface area contributed by atoms with Gasteiger partial charge < -0.3 is 56.3 Å². The average molecular weight is 1040 g/mol. The van der Waals surface area contributed by atoms with Gasteiger partial charge in [-0.25, -0.2) is 0 Å². The van der Waals surface area contributed by atoms with Crippen molar-refractivity contribution in [2.75, 3.05) is 202 Å². The Bertz CT molecular complexity index is 1260. The lowest BCUT2D eigenvalue weighted by molar-refractivity contribution is -1.03. The SMILES string of the molecule is CCCCCC[N+](CC[N+](CCCCCC)(CC(O)C[N+](C)(C)C)CC(O)C[N+](C)(C)C)(CC[N+](CCCCCC)(CC(O)C[N+](C)(C)C)C(C)C)CC[N+](CCCCCC)(CC(O)C[N+](C)(C)C)C(C)C. The molecule has 0 rings (SSSR count). The molecule has 12 heteroatoms. The molecule has 0 amide bonds. The second-order valence-corrected chi connectivity index (χ2v) is 29.0. The Labute approximate surface area is 451 Å².